The van der Waals surface area contributed by atoms with Gasteiger partial charge in [0.25, 0.3) is 0 Å². The summed E-state index contributed by atoms with van der Waals surface area (Å²) in [4.78, 5) is 13.0. The zero-order valence-electron chi connectivity index (χ0n) is 21.1. The molecule has 36 heavy (non-hydrogen) atoms. The van der Waals surface area contributed by atoms with Gasteiger partial charge in [-0.2, -0.15) is 13.2 Å². The fourth-order valence-electron chi connectivity index (χ4n) is 4.23. The van der Waals surface area contributed by atoms with Gasteiger partial charge in [-0.15, -0.1) is 0 Å². The Kier molecular flexibility index (Phi) is 9.15. The van der Waals surface area contributed by atoms with Crippen molar-refractivity contribution in [1.29, 1.82) is 0 Å². The molecule has 0 aliphatic heterocycles. The van der Waals surface area contributed by atoms with Gasteiger partial charge >= 0.3 is 12.2 Å². The van der Waals surface area contributed by atoms with Crippen molar-refractivity contribution in [3.05, 3.63) is 101 Å². The smallest absolute Gasteiger partial charge is 0.336 e. The van der Waals surface area contributed by atoms with Crippen LogP contribution in [-0.2, 0) is 12.7 Å². The van der Waals surface area contributed by atoms with E-state index in [0.29, 0.717) is 0 Å². The quantitative estimate of drug-likeness (QED) is 0.285. The molecular formula is C29H34F3N3O. The number of para-hydroxylation sites is 1. The number of carbonyl (C=O) groups is 1. The summed E-state index contributed by atoms with van der Waals surface area (Å²) in [6.45, 7) is 8.53. The number of nitrogens with one attached hydrogen (secondary N) is 3. The highest BCUT2D eigenvalue weighted by atomic mass is 19.4. The molecule has 3 aromatic carbocycles. The minimum Gasteiger partial charge on any atom is -0.336 e. The fourth-order valence-corrected chi connectivity index (χ4v) is 4.23. The number of alkyl halides is 3. The summed E-state index contributed by atoms with van der Waals surface area (Å²) in [7, 11) is 0. The van der Waals surface area contributed by atoms with Crippen LogP contribution in [0.5, 0.6) is 0 Å². The van der Waals surface area contributed by atoms with Crippen LogP contribution in [0.4, 0.5) is 23.7 Å². The zero-order valence-corrected chi connectivity index (χ0v) is 21.1. The first-order chi connectivity index (χ1) is 17.1. The van der Waals surface area contributed by atoms with Crippen LogP contribution in [0.1, 0.15) is 73.4 Å². The zero-order chi connectivity index (χ0) is 26.3. The highest BCUT2D eigenvalue weighted by Gasteiger charge is 2.32. The summed E-state index contributed by atoms with van der Waals surface area (Å²) in [5, 5.41) is 9.13. The van der Waals surface area contributed by atoms with Crippen molar-refractivity contribution in [1.82, 2.24) is 10.6 Å². The molecule has 1 atom stereocenters. The molecule has 0 aromatic heterocycles. The Morgan fingerprint density at radius 1 is 0.806 bits per heavy atom. The highest BCUT2D eigenvalue weighted by molar-refractivity contribution is 5.91. The number of halogens is 3. The molecule has 0 fully saturated rings. The van der Waals surface area contributed by atoms with E-state index in [4.69, 9.17) is 0 Å². The third-order valence-corrected chi connectivity index (χ3v) is 6.14. The van der Waals surface area contributed by atoms with Gasteiger partial charge in [0.1, 0.15) is 0 Å². The van der Waals surface area contributed by atoms with Crippen molar-refractivity contribution in [2.45, 2.75) is 58.3 Å². The van der Waals surface area contributed by atoms with Crippen LogP contribution in [0.25, 0.3) is 0 Å². The first-order valence-electron chi connectivity index (χ1n) is 12.2. The van der Waals surface area contributed by atoms with Crippen molar-refractivity contribution in [2.24, 2.45) is 0 Å². The number of rotatable bonds is 9. The number of urea groups is 1. The van der Waals surface area contributed by atoms with Crippen LogP contribution < -0.4 is 16.0 Å². The Balaban J connectivity index is 1.76. The first kappa shape index (κ1) is 27.3. The van der Waals surface area contributed by atoms with Crippen LogP contribution >= 0.6 is 0 Å². The molecule has 0 saturated carbocycles. The average molecular weight is 498 g/mol. The Hall–Kier alpha value is -3.32. The molecule has 0 radical (unpaired) electrons. The predicted molar refractivity (Wildman–Crippen MR) is 139 cm³/mol. The monoisotopic (exact) mass is 497 g/mol. The van der Waals surface area contributed by atoms with E-state index in [-0.39, 0.29) is 42.6 Å². The van der Waals surface area contributed by atoms with E-state index in [1.807, 2.05) is 48.5 Å². The maximum atomic E-state index is 13.4. The second-order valence-electron chi connectivity index (χ2n) is 9.45. The first-order valence-corrected chi connectivity index (χ1v) is 12.2. The molecule has 192 valence electrons. The van der Waals surface area contributed by atoms with Crippen LogP contribution in [0.2, 0.25) is 0 Å². The summed E-state index contributed by atoms with van der Waals surface area (Å²) in [5.74, 6) is 0.456. The van der Waals surface area contributed by atoms with Gasteiger partial charge in [0.05, 0.1) is 5.56 Å². The number of hydrogen-bond donors (Lipinski definition) is 3. The minimum atomic E-state index is -4.43. The molecule has 0 bridgehead atoms. The van der Waals surface area contributed by atoms with Crippen LogP contribution in [0.3, 0.4) is 0 Å². The molecule has 3 rings (SSSR count). The molecular weight excluding hydrogens is 463 g/mol. The van der Waals surface area contributed by atoms with Crippen molar-refractivity contribution in [2.75, 3.05) is 11.9 Å². The summed E-state index contributed by atoms with van der Waals surface area (Å²) < 4.78 is 40.3. The average Bonchev–Trinajstić information content (AvgIpc) is 2.84. The van der Waals surface area contributed by atoms with Gasteiger partial charge in [0, 0.05) is 24.8 Å². The van der Waals surface area contributed by atoms with Gasteiger partial charge in [0.15, 0.2) is 0 Å². The van der Waals surface area contributed by atoms with Crippen molar-refractivity contribution < 1.29 is 18.0 Å². The number of amides is 2. The van der Waals surface area contributed by atoms with E-state index < -0.39 is 11.7 Å². The molecule has 0 aliphatic carbocycles. The van der Waals surface area contributed by atoms with E-state index in [0.717, 1.165) is 28.4 Å². The van der Waals surface area contributed by atoms with E-state index in [9.17, 15) is 18.0 Å². The molecule has 0 aliphatic rings. The lowest BCUT2D eigenvalue weighted by Crippen LogP contribution is -2.37. The SMILES string of the molecule is CC(C)c1cccc(C(C)C)c1NC(=O)NC[C@H](NCc1ccccc1C(F)(F)F)c1ccccc1. The minimum absolute atomic E-state index is 0.00617. The van der Waals surface area contributed by atoms with Crippen molar-refractivity contribution in [3.63, 3.8) is 0 Å². The van der Waals surface area contributed by atoms with E-state index in [1.54, 1.807) is 6.07 Å². The number of carbonyl (C=O) groups excluding carboxylic acids is 1. The summed E-state index contributed by atoms with van der Waals surface area (Å²) in [6, 6.07) is 20.2. The van der Waals surface area contributed by atoms with Crippen molar-refractivity contribution >= 4 is 11.7 Å². The number of hydrogen-bond acceptors (Lipinski definition) is 2. The second kappa shape index (κ2) is 12.1. The molecule has 0 unspecified atom stereocenters. The molecule has 2 amide bonds. The van der Waals surface area contributed by atoms with Gasteiger partial charge in [-0.05, 0) is 40.2 Å². The molecule has 3 aromatic rings. The molecule has 0 saturated heterocycles. The molecule has 7 heteroatoms. The van der Waals surface area contributed by atoms with E-state index >= 15 is 0 Å². The van der Waals surface area contributed by atoms with E-state index in [2.05, 4.69) is 43.6 Å². The lowest BCUT2D eigenvalue weighted by Gasteiger charge is -2.23. The molecule has 0 spiro atoms. The van der Waals surface area contributed by atoms with Crippen LogP contribution in [0.15, 0.2) is 72.8 Å². The van der Waals surface area contributed by atoms with E-state index in [1.165, 1.54) is 12.1 Å². The maximum Gasteiger partial charge on any atom is 0.416 e. The lowest BCUT2D eigenvalue weighted by atomic mass is 9.93. The normalized spacial score (nSPS) is 12.6. The largest absolute Gasteiger partial charge is 0.416 e. The second-order valence-corrected chi connectivity index (χ2v) is 9.45. The Labute approximate surface area is 211 Å². The summed E-state index contributed by atoms with van der Waals surface area (Å²) in [6.07, 6.45) is -4.43. The van der Waals surface area contributed by atoms with Crippen LogP contribution in [0, 0.1) is 0 Å². The van der Waals surface area contributed by atoms with Gasteiger partial charge in [-0.1, -0.05) is 94.4 Å². The highest BCUT2D eigenvalue weighted by Crippen LogP contribution is 2.33. The van der Waals surface area contributed by atoms with Crippen LogP contribution in [-0.4, -0.2) is 12.6 Å². The maximum absolute atomic E-state index is 13.4. The number of benzene rings is 3. The third kappa shape index (κ3) is 7.10. The predicted octanol–water partition coefficient (Wildman–Crippen LogP) is 7.60. The van der Waals surface area contributed by atoms with Gasteiger partial charge < -0.3 is 16.0 Å². The Morgan fingerprint density at radius 3 is 1.97 bits per heavy atom. The van der Waals surface area contributed by atoms with Gasteiger partial charge in [-0.25, -0.2) is 4.79 Å². The summed E-state index contributed by atoms with van der Waals surface area (Å²) >= 11 is 0. The van der Waals surface area contributed by atoms with Crippen molar-refractivity contribution in [3.8, 4) is 0 Å². The summed E-state index contributed by atoms with van der Waals surface area (Å²) in [5.41, 5.74) is 3.27. The molecule has 3 N–H and O–H groups in total. The lowest BCUT2D eigenvalue weighted by molar-refractivity contribution is -0.138. The Bertz CT molecular complexity index is 1120. The standard InChI is InChI=1S/C29H34F3N3O/c1-19(2)23-14-10-15-24(20(3)4)27(23)35-28(36)34-18-26(21-11-6-5-7-12-21)33-17-22-13-8-9-16-25(22)29(30,31)32/h5-16,19-20,26,33H,17-18H2,1-4H3,(H2,34,35,36)/t26-/m0/s1. The molecule has 4 nitrogen and oxygen atoms in total. The molecule has 0 heterocycles. The fraction of sp³-hybridized carbons (Fsp3) is 0.345. The number of anilines is 1. The third-order valence-electron chi connectivity index (χ3n) is 6.14. The van der Waals surface area contributed by atoms with Gasteiger partial charge in [-0.3, -0.25) is 0 Å². The topological polar surface area (TPSA) is 53.2 Å². The van der Waals surface area contributed by atoms with Gasteiger partial charge in [0.2, 0.25) is 0 Å². The Morgan fingerprint density at radius 2 is 1.39 bits per heavy atom.